The molecule has 0 saturated carbocycles. The highest BCUT2D eigenvalue weighted by atomic mass is 15.2. The smallest absolute Gasteiger partial charge is 0.0583 e. The van der Waals surface area contributed by atoms with Crippen LogP contribution in [0.3, 0.4) is 0 Å². The summed E-state index contributed by atoms with van der Waals surface area (Å²) in [6, 6.07) is 82.3. The molecule has 11 aromatic rings. The molecule has 0 N–H and O–H groups in total. The highest BCUT2D eigenvalue weighted by molar-refractivity contribution is 6.20. The molecule has 294 valence electrons. The largest absolute Gasteiger partial charge is 0.310 e. The number of benzene rings is 10. The van der Waals surface area contributed by atoms with Crippen molar-refractivity contribution in [3.05, 3.63) is 236 Å². The fraction of sp³-hybridized carbons (Fsp3) is 0.0508. The van der Waals surface area contributed by atoms with Gasteiger partial charge in [-0.25, -0.2) is 0 Å². The highest BCUT2D eigenvalue weighted by Gasteiger charge is 2.36. The van der Waals surface area contributed by atoms with Crippen molar-refractivity contribution >= 4 is 77.5 Å². The monoisotopic (exact) mass is 793 g/mol. The number of anilines is 6. The van der Waals surface area contributed by atoms with Gasteiger partial charge in [0.25, 0.3) is 0 Å². The summed E-state index contributed by atoms with van der Waals surface area (Å²) in [5.74, 6) is 0. The third kappa shape index (κ3) is 5.66. The minimum Gasteiger partial charge on any atom is -0.310 e. The van der Waals surface area contributed by atoms with Crippen LogP contribution in [0.2, 0.25) is 0 Å². The molecule has 3 heteroatoms. The highest BCUT2D eigenvalue weighted by Crippen LogP contribution is 2.53. The van der Waals surface area contributed by atoms with Crippen LogP contribution in [0.5, 0.6) is 0 Å². The van der Waals surface area contributed by atoms with Gasteiger partial charge in [0.05, 0.1) is 22.4 Å². The zero-order valence-corrected chi connectivity index (χ0v) is 34.7. The van der Waals surface area contributed by atoms with Crippen LogP contribution < -0.4 is 9.80 Å². The maximum atomic E-state index is 2.50. The second-order valence-corrected chi connectivity index (χ2v) is 17.0. The van der Waals surface area contributed by atoms with Crippen LogP contribution in [0, 0.1) is 0 Å². The zero-order chi connectivity index (χ0) is 41.4. The molecule has 0 bridgehead atoms. The molecule has 0 spiro atoms. The molecule has 1 aliphatic rings. The first-order chi connectivity index (χ1) is 30.5. The predicted octanol–water partition coefficient (Wildman–Crippen LogP) is 16.3. The van der Waals surface area contributed by atoms with E-state index in [1.54, 1.807) is 0 Å². The number of para-hydroxylation sites is 4. The molecule has 62 heavy (non-hydrogen) atoms. The summed E-state index contributed by atoms with van der Waals surface area (Å²) >= 11 is 0. The van der Waals surface area contributed by atoms with Crippen molar-refractivity contribution in [2.75, 3.05) is 9.80 Å². The number of hydrogen-bond acceptors (Lipinski definition) is 2. The molecular weight excluding hydrogens is 751 g/mol. The summed E-state index contributed by atoms with van der Waals surface area (Å²) < 4.78 is 2.47. The Morgan fingerprint density at radius 1 is 0.355 bits per heavy atom. The van der Waals surface area contributed by atoms with Crippen LogP contribution in [0.4, 0.5) is 34.1 Å². The first kappa shape index (κ1) is 36.0. The molecule has 0 radical (unpaired) electrons. The molecule has 1 heterocycles. The second kappa shape index (κ2) is 14.1. The Morgan fingerprint density at radius 3 is 1.47 bits per heavy atom. The lowest BCUT2D eigenvalue weighted by atomic mass is 9.82. The molecule has 1 aromatic heterocycles. The van der Waals surface area contributed by atoms with Crippen molar-refractivity contribution in [1.29, 1.82) is 0 Å². The number of rotatable bonds is 7. The van der Waals surface area contributed by atoms with Crippen molar-refractivity contribution in [2.24, 2.45) is 0 Å². The second-order valence-electron chi connectivity index (χ2n) is 17.0. The van der Waals surface area contributed by atoms with Crippen LogP contribution >= 0.6 is 0 Å². The lowest BCUT2D eigenvalue weighted by Crippen LogP contribution is -2.16. The molecule has 0 amide bonds. The van der Waals surface area contributed by atoms with Crippen LogP contribution in [-0.2, 0) is 5.41 Å². The van der Waals surface area contributed by atoms with Gasteiger partial charge in [-0.1, -0.05) is 141 Å². The molecular formula is C59H43N3. The molecule has 12 rings (SSSR count). The van der Waals surface area contributed by atoms with Gasteiger partial charge in [-0.15, -0.1) is 0 Å². The fourth-order valence-electron chi connectivity index (χ4n) is 10.1. The molecule has 10 aromatic carbocycles. The van der Waals surface area contributed by atoms with E-state index in [1.807, 2.05) is 0 Å². The fourth-order valence-corrected chi connectivity index (χ4v) is 10.1. The van der Waals surface area contributed by atoms with E-state index in [1.165, 1.54) is 60.1 Å². The van der Waals surface area contributed by atoms with E-state index in [-0.39, 0.29) is 5.41 Å². The molecule has 0 aliphatic heterocycles. The van der Waals surface area contributed by atoms with Gasteiger partial charge in [0.15, 0.2) is 0 Å². The van der Waals surface area contributed by atoms with Crippen LogP contribution in [0.1, 0.15) is 25.0 Å². The third-order valence-corrected chi connectivity index (χ3v) is 13.0. The van der Waals surface area contributed by atoms with E-state index in [4.69, 9.17) is 0 Å². The minimum absolute atomic E-state index is 0.145. The molecule has 0 unspecified atom stereocenters. The number of hydrogen-bond donors (Lipinski definition) is 0. The number of fused-ring (bicyclic) bond motifs is 8. The van der Waals surface area contributed by atoms with Crippen molar-refractivity contribution in [3.63, 3.8) is 0 Å². The van der Waals surface area contributed by atoms with E-state index in [0.717, 1.165) is 45.3 Å². The van der Waals surface area contributed by atoms with Crippen molar-refractivity contribution in [2.45, 2.75) is 19.3 Å². The number of nitrogens with zero attached hydrogens (tertiary/aromatic N) is 3. The zero-order valence-electron chi connectivity index (χ0n) is 34.7. The van der Waals surface area contributed by atoms with Gasteiger partial charge in [0, 0.05) is 44.6 Å². The van der Waals surface area contributed by atoms with E-state index in [0.29, 0.717) is 0 Å². The van der Waals surface area contributed by atoms with Crippen molar-refractivity contribution in [1.82, 2.24) is 4.57 Å². The lowest BCUT2D eigenvalue weighted by molar-refractivity contribution is 0.661. The Hall–Kier alpha value is -7.88. The van der Waals surface area contributed by atoms with Gasteiger partial charge in [-0.2, -0.15) is 0 Å². The molecule has 0 fully saturated rings. The topological polar surface area (TPSA) is 11.4 Å². The van der Waals surface area contributed by atoms with Gasteiger partial charge in [0.1, 0.15) is 0 Å². The molecule has 3 nitrogen and oxygen atoms in total. The van der Waals surface area contributed by atoms with Gasteiger partial charge >= 0.3 is 0 Å². The Kier molecular flexibility index (Phi) is 8.20. The Morgan fingerprint density at radius 2 is 0.855 bits per heavy atom. The Balaban J connectivity index is 1.22. The summed E-state index contributed by atoms with van der Waals surface area (Å²) in [7, 11) is 0. The summed E-state index contributed by atoms with van der Waals surface area (Å²) in [5, 5.41) is 7.36. The SMILES string of the molecule is CC1(C)c2ccc(N(c3ccccc3)c3cc(N(c4ccccc4)c4ccccc4)cc4c3c3cc5ccccc5cc3n4-c3ccccc3)cc2-c2cc3ccccc3cc21. The van der Waals surface area contributed by atoms with Gasteiger partial charge in [0.2, 0.25) is 0 Å². The molecule has 1 aliphatic carbocycles. The average molecular weight is 794 g/mol. The summed E-state index contributed by atoms with van der Waals surface area (Å²) in [6.45, 7) is 4.75. The Labute approximate surface area is 362 Å². The third-order valence-electron chi connectivity index (χ3n) is 13.0. The maximum absolute atomic E-state index is 2.50. The first-order valence-electron chi connectivity index (χ1n) is 21.5. The molecule has 0 saturated heterocycles. The summed E-state index contributed by atoms with van der Waals surface area (Å²) in [6.07, 6.45) is 0. The first-order valence-corrected chi connectivity index (χ1v) is 21.5. The summed E-state index contributed by atoms with van der Waals surface area (Å²) in [4.78, 5) is 4.89. The van der Waals surface area contributed by atoms with Crippen LogP contribution in [-0.4, -0.2) is 4.57 Å². The van der Waals surface area contributed by atoms with Gasteiger partial charge in [-0.3, -0.25) is 0 Å². The maximum Gasteiger partial charge on any atom is 0.0583 e. The minimum atomic E-state index is -0.145. The van der Waals surface area contributed by atoms with Crippen LogP contribution in [0.15, 0.2) is 224 Å². The summed E-state index contributed by atoms with van der Waals surface area (Å²) in [5.41, 5.74) is 15.1. The Bertz CT molecular complexity index is 3440. The van der Waals surface area contributed by atoms with Crippen molar-refractivity contribution in [3.8, 4) is 16.8 Å². The van der Waals surface area contributed by atoms with E-state index < -0.39 is 0 Å². The average Bonchev–Trinajstić information content (AvgIpc) is 3.75. The van der Waals surface area contributed by atoms with Gasteiger partial charge in [-0.05, 0) is 141 Å². The van der Waals surface area contributed by atoms with Gasteiger partial charge < -0.3 is 14.4 Å². The quantitative estimate of drug-likeness (QED) is 0.159. The predicted molar refractivity (Wildman–Crippen MR) is 263 cm³/mol. The van der Waals surface area contributed by atoms with E-state index in [9.17, 15) is 0 Å². The number of aromatic nitrogens is 1. The van der Waals surface area contributed by atoms with E-state index in [2.05, 4.69) is 253 Å². The van der Waals surface area contributed by atoms with E-state index >= 15 is 0 Å². The standard InChI is InChI=1S/C59H43N3/c1-59(2)53-32-31-48(37-51(53)50-33-40-19-15-17-21-42(40)35-54(50)59)61(46-27-11-5-12-28-46)56-38-49(60(44-23-7-3-8-24-44)45-25-9-4-10-26-45)39-57-58(56)52-34-41-20-16-18-22-43(41)36-55(52)62(57)47-29-13-6-14-30-47/h3-39H,1-2H3. The van der Waals surface area contributed by atoms with Crippen LogP contribution in [0.25, 0.3) is 60.2 Å². The lowest BCUT2D eigenvalue weighted by Gasteiger charge is -2.31. The normalized spacial score (nSPS) is 12.8. The van der Waals surface area contributed by atoms with Crippen molar-refractivity contribution < 1.29 is 0 Å². The molecule has 0 atom stereocenters.